The minimum atomic E-state index is -0.350. The predicted octanol–water partition coefficient (Wildman–Crippen LogP) is 4.85. The van der Waals surface area contributed by atoms with Crippen LogP contribution in [0.5, 0.6) is 5.88 Å². The summed E-state index contributed by atoms with van der Waals surface area (Å²) in [7, 11) is 0. The van der Waals surface area contributed by atoms with Crippen molar-refractivity contribution in [3.63, 3.8) is 0 Å². The van der Waals surface area contributed by atoms with Crippen LogP contribution in [0.15, 0.2) is 42.4 Å². The largest absolute Gasteiger partial charge is 0.474 e. The molecule has 0 radical (unpaired) electrons. The lowest BCUT2D eigenvalue weighted by molar-refractivity contribution is -0.112. The van der Waals surface area contributed by atoms with Crippen molar-refractivity contribution in [1.29, 1.82) is 0 Å². The van der Waals surface area contributed by atoms with Gasteiger partial charge in [-0.3, -0.25) is 9.78 Å². The molecule has 6 rings (SSSR count). The van der Waals surface area contributed by atoms with Gasteiger partial charge < -0.3 is 10.1 Å². The zero-order chi connectivity index (χ0) is 22.7. The standard InChI is InChI=1S/C27H22FN3O2/c1-14-19(22-13-31-27-26(15(22)2)30-5-6-33-27)10-23(28)20-11-24(32)21(25(14)20)9-16-7-17-3-4-29-12-18(17)8-16/h3-4,8-10,12-13,30H,5-7,11H2,1-2H3/b21-9+. The van der Waals surface area contributed by atoms with Crippen molar-refractivity contribution in [1.82, 2.24) is 9.97 Å². The van der Waals surface area contributed by atoms with E-state index in [1.54, 1.807) is 18.5 Å². The molecule has 0 fully saturated rings. The van der Waals surface area contributed by atoms with Crippen LogP contribution in [-0.4, -0.2) is 28.9 Å². The number of anilines is 1. The fourth-order valence-electron chi connectivity index (χ4n) is 5.14. The molecule has 2 aromatic heterocycles. The molecule has 164 valence electrons. The lowest BCUT2D eigenvalue weighted by atomic mass is 9.90. The maximum atomic E-state index is 15.3. The first-order chi connectivity index (χ1) is 16.0. The number of carbonyl (C=O) groups is 1. The number of carbonyl (C=O) groups excluding carboxylic acids is 1. The number of aromatic nitrogens is 2. The average Bonchev–Trinajstić information content (AvgIpc) is 3.38. The Morgan fingerprint density at radius 2 is 2.03 bits per heavy atom. The van der Waals surface area contributed by atoms with Crippen molar-refractivity contribution >= 4 is 23.1 Å². The van der Waals surface area contributed by atoms with E-state index in [1.807, 2.05) is 32.2 Å². The van der Waals surface area contributed by atoms with Crippen LogP contribution in [0.4, 0.5) is 10.1 Å². The smallest absolute Gasteiger partial charge is 0.237 e. The minimum Gasteiger partial charge on any atom is -0.474 e. The predicted molar refractivity (Wildman–Crippen MR) is 126 cm³/mol. The molecule has 0 unspecified atom stereocenters. The van der Waals surface area contributed by atoms with Gasteiger partial charge in [0.15, 0.2) is 5.78 Å². The Morgan fingerprint density at radius 1 is 1.15 bits per heavy atom. The number of pyridine rings is 2. The molecule has 2 aliphatic carbocycles. The highest BCUT2D eigenvalue weighted by atomic mass is 19.1. The quantitative estimate of drug-likeness (QED) is 0.578. The van der Waals surface area contributed by atoms with E-state index in [1.165, 1.54) is 5.56 Å². The van der Waals surface area contributed by atoms with Crippen LogP contribution >= 0.6 is 0 Å². The second-order valence-corrected chi connectivity index (χ2v) is 8.77. The number of nitrogens with one attached hydrogen (secondary N) is 1. The summed E-state index contributed by atoms with van der Waals surface area (Å²) in [5.74, 6) is 0.172. The Hall–Kier alpha value is -3.80. The highest BCUT2D eigenvalue weighted by Gasteiger charge is 2.32. The Balaban J connectivity index is 1.49. The van der Waals surface area contributed by atoms with Gasteiger partial charge in [-0.2, -0.15) is 0 Å². The Bertz CT molecular complexity index is 1420. The van der Waals surface area contributed by atoms with Gasteiger partial charge in [0.1, 0.15) is 18.1 Å². The summed E-state index contributed by atoms with van der Waals surface area (Å²) in [6, 6.07) is 3.54. The monoisotopic (exact) mass is 439 g/mol. The summed E-state index contributed by atoms with van der Waals surface area (Å²) in [6.45, 7) is 5.21. The SMILES string of the molecule is Cc1c(-c2cc(F)c3c(c2C)/C(=C/C2=Cc4cnccc4C2)C(=O)C3)cnc2c1NCCO2. The van der Waals surface area contributed by atoms with E-state index in [-0.39, 0.29) is 18.0 Å². The second-order valence-electron chi connectivity index (χ2n) is 8.77. The molecule has 6 heteroatoms. The highest BCUT2D eigenvalue weighted by molar-refractivity contribution is 6.26. The first-order valence-corrected chi connectivity index (χ1v) is 11.1. The van der Waals surface area contributed by atoms with Gasteiger partial charge in [-0.25, -0.2) is 9.37 Å². The number of halogens is 1. The topological polar surface area (TPSA) is 64.1 Å². The van der Waals surface area contributed by atoms with Crippen LogP contribution in [-0.2, 0) is 17.6 Å². The molecule has 0 saturated heterocycles. The Morgan fingerprint density at radius 3 is 2.88 bits per heavy atom. The van der Waals surface area contributed by atoms with Crippen LogP contribution in [0.25, 0.3) is 22.8 Å². The van der Waals surface area contributed by atoms with E-state index >= 15 is 4.39 Å². The maximum absolute atomic E-state index is 15.3. The summed E-state index contributed by atoms with van der Waals surface area (Å²) in [4.78, 5) is 21.6. The molecule has 3 aromatic rings. The number of benzene rings is 1. The van der Waals surface area contributed by atoms with E-state index in [4.69, 9.17) is 4.74 Å². The molecule has 5 nitrogen and oxygen atoms in total. The number of ether oxygens (including phenoxy) is 1. The van der Waals surface area contributed by atoms with Gasteiger partial charge >= 0.3 is 0 Å². The second kappa shape index (κ2) is 7.37. The molecular weight excluding hydrogens is 417 g/mol. The van der Waals surface area contributed by atoms with Gasteiger partial charge in [0.2, 0.25) is 5.88 Å². The van der Waals surface area contributed by atoms with Gasteiger partial charge in [0.05, 0.1) is 0 Å². The van der Waals surface area contributed by atoms with Crippen LogP contribution in [0.2, 0.25) is 0 Å². The third-order valence-corrected chi connectivity index (χ3v) is 6.80. The van der Waals surface area contributed by atoms with Gasteiger partial charge in [0.25, 0.3) is 0 Å². The normalized spacial score (nSPS) is 17.2. The van der Waals surface area contributed by atoms with E-state index in [0.717, 1.165) is 45.5 Å². The number of hydrogen-bond acceptors (Lipinski definition) is 5. The van der Waals surface area contributed by atoms with Crippen molar-refractivity contribution in [2.24, 2.45) is 0 Å². The number of allylic oxidation sites excluding steroid dienone is 3. The van der Waals surface area contributed by atoms with Gasteiger partial charge in [0, 0.05) is 48.3 Å². The van der Waals surface area contributed by atoms with Crippen molar-refractivity contribution in [3.05, 3.63) is 81.6 Å². The number of Topliss-reactive ketones (excluding diaryl/α,β-unsaturated/α-hetero) is 1. The van der Waals surface area contributed by atoms with Crippen LogP contribution in [0, 0.1) is 19.7 Å². The first-order valence-electron chi connectivity index (χ1n) is 11.1. The summed E-state index contributed by atoms with van der Waals surface area (Å²) < 4.78 is 20.9. The summed E-state index contributed by atoms with van der Waals surface area (Å²) in [5.41, 5.74) is 9.34. The lowest BCUT2D eigenvalue weighted by Crippen LogP contribution is -2.20. The maximum Gasteiger partial charge on any atom is 0.237 e. The fourth-order valence-corrected chi connectivity index (χ4v) is 5.14. The van der Waals surface area contributed by atoms with Crippen LogP contribution in [0.3, 0.4) is 0 Å². The number of ketones is 1. The molecule has 0 saturated carbocycles. The number of fused-ring (bicyclic) bond motifs is 3. The van der Waals surface area contributed by atoms with Crippen LogP contribution < -0.4 is 10.1 Å². The molecule has 3 aliphatic rings. The zero-order valence-electron chi connectivity index (χ0n) is 18.5. The Labute approximate surface area is 191 Å². The van der Waals surface area contributed by atoms with Crippen molar-refractivity contribution in [3.8, 4) is 17.0 Å². The Kier molecular flexibility index (Phi) is 4.43. The van der Waals surface area contributed by atoms with E-state index in [2.05, 4.69) is 21.4 Å². The van der Waals surface area contributed by atoms with Crippen molar-refractivity contribution in [2.45, 2.75) is 26.7 Å². The van der Waals surface area contributed by atoms with E-state index in [9.17, 15) is 4.79 Å². The highest BCUT2D eigenvalue weighted by Crippen LogP contribution is 2.43. The molecule has 0 bridgehead atoms. The van der Waals surface area contributed by atoms with Gasteiger partial charge in [-0.15, -0.1) is 0 Å². The average molecular weight is 439 g/mol. The van der Waals surface area contributed by atoms with Crippen molar-refractivity contribution in [2.75, 3.05) is 18.5 Å². The minimum absolute atomic E-state index is 0.0468. The summed E-state index contributed by atoms with van der Waals surface area (Å²) in [6.07, 6.45) is 10.2. The lowest BCUT2D eigenvalue weighted by Gasteiger charge is -2.22. The molecule has 0 amide bonds. The summed E-state index contributed by atoms with van der Waals surface area (Å²) >= 11 is 0. The van der Waals surface area contributed by atoms with Crippen molar-refractivity contribution < 1.29 is 13.9 Å². The molecule has 1 aliphatic heterocycles. The number of hydrogen-bond donors (Lipinski definition) is 1. The van der Waals surface area contributed by atoms with Gasteiger partial charge in [-0.05, 0) is 83.5 Å². The zero-order valence-corrected chi connectivity index (χ0v) is 18.5. The molecule has 0 spiro atoms. The fraction of sp³-hybridized carbons (Fsp3) is 0.222. The number of rotatable bonds is 2. The van der Waals surface area contributed by atoms with Gasteiger partial charge in [-0.1, -0.05) is 0 Å². The third kappa shape index (κ3) is 3.09. The molecule has 1 N–H and O–H groups in total. The third-order valence-electron chi connectivity index (χ3n) is 6.80. The molecule has 0 atom stereocenters. The summed E-state index contributed by atoms with van der Waals surface area (Å²) in [5, 5.41) is 3.34. The molecule has 3 heterocycles. The van der Waals surface area contributed by atoms with E-state index < -0.39 is 0 Å². The van der Waals surface area contributed by atoms with E-state index in [0.29, 0.717) is 35.7 Å². The van der Waals surface area contributed by atoms with Crippen LogP contribution in [0.1, 0.15) is 33.4 Å². The molecule has 1 aromatic carbocycles. The first kappa shape index (κ1) is 19.9. The molecular formula is C27H22FN3O2. The number of nitrogens with zero attached hydrogens (tertiary/aromatic N) is 2. The molecule has 33 heavy (non-hydrogen) atoms.